The fraction of sp³-hybridized carbons (Fsp3) is 0.167. The Labute approximate surface area is 187 Å². The summed E-state index contributed by atoms with van der Waals surface area (Å²) in [7, 11) is 0. The van der Waals surface area contributed by atoms with Crippen molar-refractivity contribution in [1.82, 2.24) is 0 Å². The molecule has 1 saturated carbocycles. The van der Waals surface area contributed by atoms with E-state index in [4.69, 9.17) is 4.74 Å². The average molecular weight is 417 g/mol. The van der Waals surface area contributed by atoms with Gasteiger partial charge in [-0.3, -0.25) is 4.79 Å². The SMILES string of the molecule is O=C(Oc1ccc2cc(/C=C\c3ccc4ccccc4c3)ccc2c1)C1CC2C=CC1C2. The van der Waals surface area contributed by atoms with Crippen molar-refractivity contribution < 1.29 is 9.53 Å². The van der Waals surface area contributed by atoms with Gasteiger partial charge in [0.2, 0.25) is 0 Å². The first-order valence-corrected chi connectivity index (χ1v) is 11.3. The van der Waals surface area contributed by atoms with Gasteiger partial charge in [-0.2, -0.15) is 0 Å². The predicted molar refractivity (Wildman–Crippen MR) is 131 cm³/mol. The molecule has 2 bridgehead atoms. The molecule has 0 radical (unpaired) electrons. The van der Waals surface area contributed by atoms with Crippen molar-refractivity contribution in [2.75, 3.05) is 0 Å². The molecule has 4 aromatic rings. The summed E-state index contributed by atoms with van der Waals surface area (Å²) >= 11 is 0. The predicted octanol–water partition coefficient (Wildman–Crippen LogP) is 7.28. The molecule has 0 aliphatic heterocycles. The van der Waals surface area contributed by atoms with E-state index in [0.717, 1.165) is 29.2 Å². The van der Waals surface area contributed by atoms with Crippen LogP contribution in [0.2, 0.25) is 0 Å². The third-order valence-electron chi connectivity index (χ3n) is 6.88. The van der Waals surface area contributed by atoms with Gasteiger partial charge in [-0.15, -0.1) is 0 Å². The minimum Gasteiger partial charge on any atom is -0.426 e. The second kappa shape index (κ2) is 7.80. The van der Waals surface area contributed by atoms with Gasteiger partial charge in [0.15, 0.2) is 0 Å². The molecule has 0 N–H and O–H groups in total. The molecule has 2 aliphatic rings. The molecule has 6 rings (SSSR count). The Kier molecular flexibility index (Phi) is 4.65. The fourth-order valence-corrected chi connectivity index (χ4v) is 5.16. The number of carbonyl (C=O) groups is 1. The Morgan fingerprint density at radius 3 is 2.09 bits per heavy atom. The normalized spacial score (nSPS) is 21.7. The van der Waals surface area contributed by atoms with Crippen LogP contribution in [0.3, 0.4) is 0 Å². The highest BCUT2D eigenvalue weighted by molar-refractivity contribution is 5.89. The lowest BCUT2D eigenvalue weighted by molar-refractivity contribution is -0.139. The summed E-state index contributed by atoms with van der Waals surface area (Å²) in [4.78, 5) is 12.6. The Balaban J connectivity index is 1.19. The van der Waals surface area contributed by atoms with Crippen LogP contribution in [0.1, 0.15) is 24.0 Å². The lowest BCUT2D eigenvalue weighted by Crippen LogP contribution is -2.23. The van der Waals surface area contributed by atoms with Crippen molar-refractivity contribution in [3.63, 3.8) is 0 Å². The van der Waals surface area contributed by atoms with E-state index in [1.807, 2.05) is 18.2 Å². The van der Waals surface area contributed by atoms with Gasteiger partial charge in [-0.05, 0) is 81.6 Å². The van der Waals surface area contributed by atoms with Gasteiger partial charge >= 0.3 is 5.97 Å². The van der Waals surface area contributed by atoms with Gasteiger partial charge in [-0.25, -0.2) is 0 Å². The maximum atomic E-state index is 12.6. The minimum atomic E-state index is -0.0869. The van der Waals surface area contributed by atoms with E-state index in [1.54, 1.807) is 0 Å². The first-order chi connectivity index (χ1) is 15.7. The zero-order valence-corrected chi connectivity index (χ0v) is 17.8. The topological polar surface area (TPSA) is 26.3 Å². The number of rotatable bonds is 4. The Morgan fingerprint density at radius 1 is 0.719 bits per heavy atom. The molecule has 0 saturated heterocycles. The smallest absolute Gasteiger partial charge is 0.314 e. The molecular weight excluding hydrogens is 392 g/mol. The van der Waals surface area contributed by atoms with E-state index in [-0.39, 0.29) is 11.9 Å². The highest BCUT2D eigenvalue weighted by atomic mass is 16.5. The maximum Gasteiger partial charge on any atom is 0.314 e. The first kappa shape index (κ1) is 19.1. The van der Waals surface area contributed by atoms with Crippen LogP contribution in [-0.4, -0.2) is 5.97 Å². The molecule has 0 heterocycles. The monoisotopic (exact) mass is 416 g/mol. The summed E-state index contributed by atoms with van der Waals surface area (Å²) < 4.78 is 5.74. The highest BCUT2D eigenvalue weighted by Gasteiger charge is 2.40. The van der Waals surface area contributed by atoms with E-state index in [9.17, 15) is 4.79 Å². The quantitative estimate of drug-likeness (QED) is 0.151. The molecule has 2 heteroatoms. The Bertz CT molecular complexity index is 1390. The van der Waals surface area contributed by atoms with Crippen molar-refractivity contribution in [2.45, 2.75) is 12.8 Å². The van der Waals surface area contributed by atoms with Crippen LogP contribution in [-0.2, 0) is 4.79 Å². The lowest BCUT2D eigenvalue weighted by Gasteiger charge is -2.16. The van der Waals surface area contributed by atoms with E-state index >= 15 is 0 Å². The third-order valence-corrected chi connectivity index (χ3v) is 6.88. The summed E-state index contributed by atoms with van der Waals surface area (Å²) in [5.41, 5.74) is 2.32. The van der Waals surface area contributed by atoms with Gasteiger partial charge < -0.3 is 4.74 Å². The first-order valence-electron chi connectivity index (χ1n) is 11.3. The van der Waals surface area contributed by atoms with Gasteiger partial charge in [0, 0.05) is 0 Å². The van der Waals surface area contributed by atoms with Crippen molar-refractivity contribution in [1.29, 1.82) is 0 Å². The van der Waals surface area contributed by atoms with Crippen molar-refractivity contribution in [3.8, 4) is 5.75 Å². The molecule has 2 nitrogen and oxygen atoms in total. The molecule has 156 valence electrons. The minimum absolute atomic E-state index is 0.0170. The summed E-state index contributed by atoms with van der Waals surface area (Å²) in [6, 6.07) is 27.2. The number of carbonyl (C=O) groups excluding carboxylic acids is 1. The van der Waals surface area contributed by atoms with E-state index in [1.165, 1.54) is 16.3 Å². The highest BCUT2D eigenvalue weighted by Crippen LogP contribution is 2.44. The number of ether oxygens (including phenoxy) is 1. The van der Waals surface area contributed by atoms with Crippen LogP contribution >= 0.6 is 0 Å². The molecular formula is C30H24O2. The van der Waals surface area contributed by atoms with Crippen LogP contribution in [0.5, 0.6) is 5.75 Å². The molecule has 3 atom stereocenters. The number of esters is 1. The van der Waals surface area contributed by atoms with Gasteiger partial charge in [-0.1, -0.05) is 78.9 Å². The number of allylic oxidation sites excluding steroid dienone is 2. The Morgan fingerprint density at radius 2 is 1.38 bits per heavy atom. The molecule has 0 amide bonds. The van der Waals surface area contributed by atoms with Crippen molar-refractivity contribution in [2.24, 2.45) is 17.8 Å². The van der Waals surface area contributed by atoms with Crippen molar-refractivity contribution >= 4 is 39.7 Å². The molecule has 3 unspecified atom stereocenters. The zero-order valence-electron chi connectivity index (χ0n) is 17.8. The van der Waals surface area contributed by atoms with Crippen LogP contribution in [0.25, 0.3) is 33.7 Å². The van der Waals surface area contributed by atoms with Crippen LogP contribution in [0.15, 0.2) is 91.0 Å². The average Bonchev–Trinajstić information content (AvgIpc) is 3.46. The van der Waals surface area contributed by atoms with Crippen LogP contribution in [0, 0.1) is 17.8 Å². The second-order valence-corrected chi connectivity index (χ2v) is 9.02. The summed E-state index contributed by atoms with van der Waals surface area (Å²) in [6.45, 7) is 0. The summed E-state index contributed by atoms with van der Waals surface area (Å²) in [5.74, 6) is 1.49. The van der Waals surface area contributed by atoms with Gasteiger partial charge in [0.05, 0.1) is 5.92 Å². The maximum absolute atomic E-state index is 12.6. The molecule has 0 spiro atoms. The molecule has 4 aromatic carbocycles. The zero-order chi connectivity index (χ0) is 21.5. The van der Waals surface area contributed by atoms with Gasteiger partial charge in [0.1, 0.15) is 5.75 Å². The van der Waals surface area contributed by atoms with Crippen molar-refractivity contribution in [3.05, 3.63) is 102 Å². The molecule has 0 aromatic heterocycles. The molecule has 32 heavy (non-hydrogen) atoms. The number of fused-ring (bicyclic) bond motifs is 4. The number of hydrogen-bond acceptors (Lipinski definition) is 2. The standard InChI is InChI=1S/C30H24O2/c31-30(29-18-22-9-12-27(29)17-22)32-28-14-13-25-16-21(8-11-26(25)19-28)6-5-20-7-10-23-3-1-2-4-24(23)15-20/h1-16,19,22,27,29H,17-18H2/b6-5-. The third kappa shape index (κ3) is 3.62. The van der Waals surface area contributed by atoms with E-state index < -0.39 is 0 Å². The summed E-state index contributed by atoms with van der Waals surface area (Å²) in [6.07, 6.45) is 10.8. The second-order valence-electron chi connectivity index (χ2n) is 9.02. The molecule has 2 aliphatic carbocycles. The van der Waals surface area contributed by atoms with Gasteiger partial charge in [0.25, 0.3) is 0 Å². The largest absolute Gasteiger partial charge is 0.426 e. The number of hydrogen-bond donors (Lipinski definition) is 0. The van der Waals surface area contributed by atoms with Crippen LogP contribution in [0.4, 0.5) is 0 Å². The summed E-state index contributed by atoms with van der Waals surface area (Å²) in [5, 5.41) is 4.71. The van der Waals surface area contributed by atoms with E-state index in [0.29, 0.717) is 17.6 Å². The fourth-order valence-electron chi connectivity index (χ4n) is 5.16. The van der Waals surface area contributed by atoms with Crippen LogP contribution < -0.4 is 4.74 Å². The lowest BCUT2D eigenvalue weighted by atomic mass is 9.94. The number of benzene rings is 4. The molecule has 1 fully saturated rings. The Hall–Kier alpha value is -3.65. The van der Waals surface area contributed by atoms with E-state index in [2.05, 4.69) is 85.0 Å².